The van der Waals surface area contributed by atoms with Crippen molar-refractivity contribution < 1.29 is 14.1 Å². The van der Waals surface area contributed by atoms with E-state index < -0.39 is 16.4 Å². The van der Waals surface area contributed by atoms with Crippen LogP contribution in [0.1, 0.15) is 11.3 Å². The quantitative estimate of drug-likeness (QED) is 0.493. The van der Waals surface area contributed by atoms with Crippen molar-refractivity contribution in [2.24, 2.45) is 7.05 Å². The molecular weight excluding hydrogens is 289 g/mol. The Morgan fingerprint density at radius 1 is 1.55 bits per heavy atom. The molecule has 2 rings (SSSR count). The molecule has 20 heavy (non-hydrogen) atoms. The maximum absolute atomic E-state index is 13.1. The van der Waals surface area contributed by atoms with E-state index in [1.807, 2.05) is 0 Å². The molecule has 0 bridgehead atoms. The van der Waals surface area contributed by atoms with E-state index >= 15 is 0 Å². The zero-order chi connectivity index (χ0) is 14.9. The number of ether oxygens (including phenoxy) is 1. The summed E-state index contributed by atoms with van der Waals surface area (Å²) < 4.78 is 20.0. The Morgan fingerprint density at radius 2 is 2.25 bits per heavy atom. The predicted octanol–water partition coefficient (Wildman–Crippen LogP) is 3.31. The minimum absolute atomic E-state index is 0.0641. The molecule has 0 unspecified atom stereocenters. The van der Waals surface area contributed by atoms with Crippen LogP contribution in [-0.2, 0) is 12.9 Å². The van der Waals surface area contributed by atoms with Gasteiger partial charge in [-0.05, 0) is 19.1 Å². The fourth-order valence-electron chi connectivity index (χ4n) is 1.79. The average Bonchev–Trinajstić information content (AvgIpc) is 2.65. The molecule has 0 saturated heterocycles. The second-order valence-corrected chi connectivity index (χ2v) is 4.36. The Hall–Kier alpha value is -2.15. The highest BCUT2D eigenvalue weighted by Gasteiger charge is 2.21. The van der Waals surface area contributed by atoms with Crippen molar-refractivity contribution in [1.82, 2.24) is 9.78 Å². The van der Waals surface area contributed by atoms with Crippen LogP contribution in [-0.4, -0.2) is 14.7 Å². The number of nitro benzene ring substituents is 1. The summed E-state index contributed by atoms with van der Waals surface area (Å²) in [5.74, 6) is -0.315. The van der Waals surface area contributed by atoms with Gasteiger partial charge in [-0.1, -0.05) is 0 Å². The Bertz CT molecular complexity index is 672. The van der Waals surface area contributed by atoms with Gasteiger partial charge in [-0.25, -0.2) is 9.07 Å². The number of hydrogen-bond donors (Lipinski definition) is 0. The second-order valence-electron chi connectivity index (χ2n) is 4.10. The van der Waals surface area contributed by atoms with Crippen LogP contribution in [0, 0.1) is 22.9 Å². The highest BCUT2D eigenvalue weighted by Crippen LogP contribution is 2.34. The molecule has 0 spiro atoms. The van der Waals surface area contributed by atoms with E-state index in [4.69, 9.17) is 16.3 Å². The maximum atomic E-state index is 13.1. The van der Waals surface area contributed by atoms with Gasteiger partial charge in [0.1, 0.15) is 5.82 Å². The Kier molecular flexibility index (Phi) is 3.89. The minimum Gasteiger partial charge on any atom is -0.432 e. The first-order valence-electron chi connectivity index (χ1n) is 5.64. The number of halogens is 2. The molecule has 1 heterocycles. The smallest absolute Gasteiger partial charge is 0.314 e. The largest absolute Gasteiger partial charge is 0.432 e. The summed E-state index contributed by atoms with van der Waals surface area (Å²) in [4.78, 5) is 10.2. The molecule has 0 radical (unpaired) electrons. The number of nitrogens with zero attached hydrogens (tertiary/aromatic N) is 3. The summed E-state index contributed by atoms with van der Waals surface area (Å²) >= 11 is 5.82. The van der Waals surface area contributed by atoms with Crippen LogP contribution in [0.25, 0.3) is 0 Å². The Labute approximate surface area is 118 Å². The second kappa shape index (κ2) is 5.46. The van der Waals surface area contributed by atoms with Gasteiger partial charge in [0.2, 0.25) is 11.6 Å². The number of hydrogen-bond acceptors (Lipinski definition) is 4. The standard InChI is InChI=1S/C12H11ClFN3O3/c1-7-9(6-13)12(16(2)15-7)20-11-4-3-8(14)5-10(11)17(18)19/h3-5H,6H2,1-2H3. The molecule has 0 saturated carbocycles. The third-order valence-corrected chi connectivity index (χ3v) is 3.01. The summed E-state index contributed by atoms with van der Waals surface area (Å²) in [5.41, 5.74) is 0.847. The van der Waals surface area contributed by atoms with Gasteiger partial charge >= 0.3 is 5.69 Å². The zero-order valence-electron chi connectivity index (χ0n) is 10.8. The SMILES string of the molecule is Cc1nn(C)c(Oc2ccc(F)cc2[N+](=O)[O-])c1CCl. The van der Waals surface area contributed by atoms with E-state index in [0.29, 0.717) is 17.1 Å². The number of nitro groups is 1. The Morgan fingerprint density at radius 3 is 2.85 bits per heavy atom. The molecule has 1 aromatic heterocycles. The van der Waals surface area contributed by atoms with Gasteiger partial charge in [0, 0.05) is 7.05 Å². The monoisotopic (exact) mass is 299 g/mol. The van der Waals surface area contributed by atoms with Crippen LogP contribution in [0.15, 0.2) is 18.2 Å². The summed E-state index contributed by atoms with van der Waals surface area (Å²) in [6, 6.07) is 3.10. The van der Waals surface area contributed by atoms with Gasteiger partial charge < -0.3 is 4.74 Å². The molecule has 0 fully saturated rings. The normalized spacial score (nSPS) is 10.6. The lowest BCUT2D eigenvalue weighted by Crippen LogP contribution is -1.99. The van der Waals surface area contributed by atoms with Crippen molar-refractivity contribution in [3.63, 3.8) is 0 Å². The van der Waals surface area contributed by atoms with E-state index in [2.05, 4.69) is 5.10 Å². The van der Waals surface area contributed by atoms with E-state index in [1.54, 1.807) is 14.0 Å². The van der Waals surface area contributed by atoms with Crippen molar-refractivity contribution in [2.75, 3.05) is 0 Å². The number of aryl methyl sites for hydroxylation is 2. The molecule has 2 aromatic rings. The van der Waals surface area contributed by atoms with Crippen molar-refractivity contribution in [1.29, 1.82) is 0 Å². The number of aromatic nitrogens is 2. The summed E-state index contributed by atoms with van der Waals surface area (Å²) in [5, 5.41) is 15.1. The van der Waals surface area contributed by atoms with Crippen LogP contribution >= 0.6 is 11.6 Å². The van der Waals surface area contributed by atoms with Crippen molar-refractivity contribution in [3.8, 4) is 11.6 Å². The first kappa shape index (κ1) is 14.3. The highest BCUT2D eigenvalue weighted by atomic mass is 35.5. The molecule has 0 aliphatic carbocycles. The van der Waals surface area contributed by atoms with Crippen molar-refractivity contribution in [3.05, 3.63) is 45.4 Å². The topological polar surface area (TPSA) is 70.2 Å². The lowest BCUT2D eigenvalue weighted by atomic mass is 10.2. The van der Waals surface area contributed by atoms with Crippen LogP contribution < -0.4 is 4.74 Å². The van der Waals surface area contributed by atoms with Gasteiger partial charge in [0.25, 0.3) is 0 Å². The van der Waals surface area contributed by atoms with E-state index in [0.717, 1.165) is 12.1 Å². The highest BCUT2D eigenvalue weighted by molar-refractivity contribution is 6.17. The van der Waals surface area contributed by atoms with Crippen LogP contribution in [0.4, 0.5) is 10.1 Å². The fraction of sp³-hybridized carbons (Fsp3) is 0.250. The van der Waals surface area contributed by atoms with Crippen molar-refractivity contribution >= 4 is 17.3 Å². The third kappa shape index (κ3) is 2.57. The van der Waals surface area contributed by atoms with E-state index in [-0.39, 0.29) is 11.6 Å². The maximum Gasteiger partial charge on any atom is 0.314 e. The number of rotatable bonds is 4. The average molecular weight is 300 g/mol. The molecule has 106 valence electrons. The Balaban J connectivity index is 2.48. The molecular formula is C12H11ClFN3O3. The molecule has 0 amide bonds. The van der Waals surface area contributed by atoms with Crippen LogP contribution in [0.5, 0.6) is 11.6 Å². The molecule has 1 aromatic carbocycles. The predicted molar refractivity (Wildman–Crippen MR) is 70.6 cm³/mol. The van der Waals surface area contributed by atoms with Gasteiger partial charge in [-0.15, -0.1) is 11.6 Å². The van der Waals surface area contributed by atoms with E-state index in [9.17, 15) is 14.5 Å². The van der Waals surface area contributed by atoms with Crippen molar-refractivity contribution in [2.45, 2.75) is 12.8 Å². The fourth-order valence-corrected chi connectivity index (χ4v) is 2.09. The lowest BCUT2D eigenvalue weighted by molar-refractivity contribution is -0.385. The molecule has 0 N–H and O–H groups in total. The van der Waals surface area contributed by atoms with Gasteiger partial charge in [0.05, 0.1) is 28.1 Å². The third-order valence-electron chi connectivity index (χ3n) is 2.75. The summed E-state index contributed by atoms with van der Waals surface area (Å²) in [6.45, 7) is 1.75. The first-order chi connectivity index (χ1) is 9.43. The summed E-state index contributed by atoms with van der Waals surface area (Å²) in [6.07, 6.45) is 0. The molecule has 0 aliphatic heterocycles. The molecule has 0 atom stereocenters. The first-order valence-corrected chi connectivity index (χ1v) is 6.17. The van der Waals surface area contributed by atoms with Gasteiger partial charge in [-0.3, -0.25) is 10.1 Å². The van der Waals surface area contributed by atoms with Crippen LogP contribution in [0.3, 0.4) is 0 Å². The number of benzene rings is 1. The molecule has 0 aliphatic rings. The molecule has 6 nitrogen and oxygen atoms in total. The van der Waals surface area contributed by atoms with E-state index in [1.165, 1.54) is 10.7 Å². The lowest BCUT2D eigenvalue weighted by Gasteiger charge is -2.08. The summed E-state index contributed by atoms with van der Waals surface area (Å²) in [7, 11) is 1.63. The van der Waals surface area contributed by atoms with Crippen LogP contribution in [0.2, 0.25) is 0 Å². The molecule has 8 heteroatoms. The van der Waals surface area contributed by atoms with Gasteiger partial charge in [0.15, 0.2) is 0 Å². The number of alkyl halides is 1. The minimum atomic E-state index is -0.706. The van der Waals surface area contributed by atoms with Gasteiger partial charge in [-0.2, -0.15) is 5.10 Å². The zero-order valence-corrected chi connectivity index (χ0v) is 11.5.